The van der Waals surface area contributed by atoms with Crippen LogP contribution in [0.25, 0.3) is 0 Å². The molecule has 0 heterocycles. The van der Waals surface area contributed by atoms with Crippen LogP contribution >= 0.6 is 0 Å². The smallest absolute Gasteiger partial charge is 0.236 e. The summed E-state index contributed by atoms with van der Waals surface area (Å²) in [7, 11) is -3.60. The molecule has 2 rings (SSSR count). The first-order valence-corrected chi connectivity index (χ1v) is 8.09. The highest BCUT2D eigenvalue weighted by Crippen LogP contribution is 2.17. The lowest BCUT2D eigenvalue weighted by Gasteiger charge is -2.10. The Labute approximate surface area is 123 Å². The summed E-state index contributed by atoms with van der Waals surface area (Å²) < 4.78 is 39.9. The molecule has 4 nitrogen and oxygen atoms in total. The summed E-state index contributed by atoms with van der Waals surface area (Å²) in [5, 5.41) is 0. The Morgan fingerprint density at radius 2 is 1.86 bits per heavy atom. The first-order valence-electron chi connectivity index (χ1n) is 6.43. The molecule has 0 aliphatic rings. The van der Waals surface area contributed by atoms with Crippen molar-refractivity contribution in [1.82, 2.24) is 0 Å². The summed E-state index contributed by atoms with van der Waals surface area (Å²) in [4.78, 5) is 0. The second-order valence-corrected chi connectivity index (χ2v) is 6.62. The van der Waals surface area contributed by atoms with E-state index >= 15 is 0 Å². The van der Waals surface area contributed by atoms with Gasteiger partial charge in [0.25, 0.3) is 0 Å². The number of aryl methyl sites for hydroxylation is 1. The van der Waals surface area contributed by atoms with Gasteiger partial charge < -0.3 is 5.73 Å². The zero-order chi connectivity index (χ0) is 15.5. The minimum atomic E-state index is -3.60. The van der Waals surface area contributed by atoms with Crippen LogP contribution in [0, 0.1) is 12.7 Å². The Bertz CT molecular complexity index is 725. The standard InChI is InChI=1S/C15H17FN2O2S/c1-11-5-14(16)8-15(6-11)18-21(19,20)10-13-4-2-3-12(7-13)9-17/h2-8,18H,9-10,17H2,1H3. The molecule has 0 radical (unpaired) electrons. The van der Waals surface area contributed by atoms with E-state index in [0.29, 0.717) is 17.7 Å². The van der Waals surface area contributed by atoms with Gasteiger partial charge in [0.2, 0.25) is 10.0 Å². The molecular formula is C15H17FN2O2S. The van der Waals surface area contributed by atoms with Crippen molar-refractivity contribution in [3.8, 4) is 0 Å². The van der Waals surface area contributed by atoms with Gasteiger partial charge in [-0.05, 0) is 41.8 Å². The Balaban J connectivity index is 2.18. The number of halogens is 1. The van der Waals surface area contributed by atoms with E-state index in [-0.39, 0.29) is 11.4 Å². The number of nitrogens with one attached hydrogen (secondary N) is 1. The number of anilines is 1. The SMILES string of the molecule is Cc1cc(F)cc(NS(=O)(=O)Cc2cccc(CN)c2)c1. The van der Waals surface area contributed by atoms with E-state index < -0.39 is 15.8 Å². The molecule has 21 heavy (non-hydrogen) atoms. The molecule has 0 saturated heterocycles. The Hall–Kier alpha value is -1.92. The minimum absolute atomic E-state index is 0.184. The molecule has 2 aromatic carbocycles. The van der Waals surface area contributed by atoms with Crippen molar-refractivity contribution >= 4 is 15.7 Å². The molecule has 0 bridgehead atoms. The molecule has 6 heteroatoms. The maximum absolute atomic E-state index is 13.3. The third kappa shape index (κ3) is 4.54. The number of nitrogens with two attached hydrogens (primary N) is 1. The van der Waals surface area contributed by atoms with Gasteiger partial charge in [-0.1, -0.05) is 24.3 Å². The van der Waals surface area contributed by atoms with Crippen LogP contribution in [0.4, 0.5) is 10.1 Å². The van der Waals surface area contributed by atoms with Crippen LogP contribution in [0.2, 0.25) is 0 Å². The number of benzene rings is 2. The largest absolute Gasteiger partial charge is 0.326 e. The molecule has 0 saturated carbocycles. The lowest BCUT2D eigenvalue weighted by molar-refractivity contribution is 0.600. The van der Waals surface area contributed by atoms with Gasteiger partial charge in [-0.25, -0.2) is 12.8 Å². The van der Waals surface area contributed by atoms with Gasteiger partial charge in [-0.15, -0.1) is 0 Å². The van der Waals surface area contributed by atoms with Gasteiger partial charge in [0, 0.05) is 6.54 Å². The number of hydrogen-bond donors (Lipinski definition) is 2. The second kappa shape index (κ2) is 6.24. The zero-order valence-corrected chi connectivity index (χ0v) is 12.5. The first-order chi connectivity index (χ1) is 9.88. The van der Waals surface area contributed by atoms with Crippen molar-refractivity contribution in [2.45, 2.75) is 19.2 Å². The van der Waals surface area contributed by atoms with E-state index in [4.69, 9.17) is 5.73 Å². The zero-order valence-electron chi connectivity index (χ0n) is 11.6. The number of rotatable bonds is 5. The van der Waals surface area contributed by atoms with Crippen molar-refractivity contribution in [2.24, 2.45) is 5.73 Å². The second-order valence-electron chi connectivity index (χ2n) is 4.90. The van der Waals surface area contributed by atoms with Gasteiger partial charge in [-0.2, -0.15) is 0 Å². The molecular weight excluding hydrogens is 291 g/mol. The van der Waals surface area contributed by atoms with Crippen molar-refractivity contribution in [3.05, 3.63) is 65.0 Å². The summed E-state index contributed by atoms with van der Waals surface area (Å²) in [5.74, 6) is -0.658. The molecule has 3 N–H and O–H groups in total. The monoisotopic (exact) mass is 308 g/mol. The van der Waals surface area contributed by atoms with Gasteiger partial charge in [0.05, 0.1) is 11.4 Å². The molecule has 112 valence electrons. The highest BCUT2D eigenvalue weighted by molar-refractivity contribution is 7.91. The summed E-state index contributed by atoms with van der Waals surface area (Å²) in [6.45, 7) is 2.05. The van der Waals surface area contributed by atoms with E-state index in [1.807, 2.05) is 6.07 Å². The van der Waals surface area contributed by atoms with Crippen molar-refractivity contribution in [1.29, 1.82) is 0 Å². The van der Waals surface area contributed by atoms with Gasteiger partial charge in [0.1, 0.15) is 5.82 Å². The van der Waals surface area contributed by atoms with E-state index in [2.05, 4.69) is 4.72 Å². The summed E-state index contributed by atoms with van der Waals surface area (Å²) in [6, 6.07) is 11.1. The Morgan fingerprint density at radius 3 is 2.52 bits per heavy atom. The van der Waals surface area contributed by atoms with E-state index in [0.717, 1.165) is 11.6 Å². The van der Waals surface area contributed by atoms with Crippen LogP contribution in [-0.2, 0) is 22.3 Å². The Morgan fingerprint density at radius 1 is 1.14 bits per heavy atom. The molecule has 0 fully saturated rings. The summed E-state index contributed by atoms with van der Waals surface area (Å²) in [5.41, 5.74) is 7.91. The van der Waals surface area contributed by atoms with E-state index in [1.54, 1.807) is 31.2 Å². The van der Waals surface area contributed by atoms with Crippen molar-refractivity contribution in [3.63, 3.8) is 0 Å². The van der Waals surface area contributed by atoms with Gasteiger partial charge in [-0.3, -0.25) is 4.72 Å². The fourth-order valence-corrected chi connectivity index (χ4v) is 3.24. The average Bonchev–Trinajstić information content (AvgIpc) is 2.36. The van der Waals surface area contributed by atoms with Crippen LogP contribution in [0.5, 0.6) is 0 Å². The topological polar surface area (TPSA) is 72.2 Å². The highest BCUT2D eigenvalue weighted by Gasteiger charge is 2.13. The van der Waals surface area contributed by atoms with Crippen LogP contribution in [0.15, 0.2) is 42.5 Å². The quantitative estimate of drug-likeness (QED) is 0.891. The normalized spacial score (nSPS) is 11.4. The fraction of sp³-hybridized carbons (Fsp3) is 0.200. The van der Waals surface area contributed by atoms with Gasteiger partial charge >= 0.3 is 0 Å². The maximum Gasteiger partial charge on any atom is 0.236 e. The van der Waals surface area contributed by atoms with Crippen LogP contribution in [-0.4, -0.2) is 8.42 Å². The third-order valence-electron chi connectivity index (χ3n) is 2.90. The third-order valence-corrected chi connectivity index (χ3v) is 4.16. The average molecular weight is 308 g/mol. The predicted molar refractivity (Wildman–Crippen MR) is 81.7 cm³/mol. The molecule has 0 atom stereocenters. The molecule has 0 aliphatic carbocycles. The molecule has 0 unspecified atom stereocenters. The van der Waals surface area contributed by atoms with Crippen LogP contribution in [0.1, 0.15) is 16.7 Å². The summed E-state index contributed by atoms with van der Waals surface area (Å²) >= 11 is 0. The Kier molecular flexibility index (Phi) is 4.59. The van der Waals surface area contributed by atoms with Crippen LogP contribution in [0.3, 0.4) is 0 Å². The molecule has 2 aromatic rings. The fourth-order valence-electron chi connectivity index (χ4n) is 2.08. The predicted octanol–water partition coefficient (Wildman–Crippen LogP) is 2.53. The first kappa shape index (κ1) is 15.5. The van der Waals surface area contributed by atoms with E-state index in [9.17, 15) is 12.8 Å². The molecule has 0 aliphatic heterocycles. The molecule has 0 spiro atoms. The molecule has 0 aromatic heterocycles. The van der Waals surface area contributed by atoms with Gasteiger partial charge in [0.15, 0.2) is 0 Å². The lowest BCUT2D eigenvalue weighted by Crippen LogP contribution is -2.15. The lowest BCUT2D eigenvalue weighted by atomic mass is 10.1. The number of hydrogen-bond acceptors (Lipinski definition) is 3. The minimum Gasteiger partial charge on any atom is -0.326 e. The van der Waals surface area contributed by atoms with E-state index in [1.165, 1.54) is 6.07 Å². The van der Waals surface area contributed by atoms with Crippen LogP contribution < -0.4 is 10.5 Å². The maximum atomic E-state index is 13.3. The van der Waals surface area contributed by atoms with Crippen molar-refractivity contribution in [2.75, 3.05) is 4.72 Å². The molecule has 0 amide bonds. The number of sulfonamides is 1. The van der Waals surface area contributed by atoms with Crippen molar-refractivity contribution < 1.29 is 12.8 Å². The highest BCUT2D eigenvalue weighted by atomic mass is 32.2. The summed E-state index contributed by atoms with van der Waals surface area (Å²) in [6.07, 6.45) is 0.